The molecule has 1 aromatic rings. The van der Waals surface area contributed by atoms with Crippen LogP contribution in [0.4, 0.5) is 0 Å². The number of hydrogen-bond donors (Lipinski definition) is 1. The maximum atomic E-state index is 12.1. The van der Waals surface area contributed by atoms with Gasteiger partial charge >= 0.3 is 5.97 Å². The van der Waals surface area contributed by atoms with Crippen LogP contribution in [-0.4, -0.2) is 31.0 Å². The van der Waals surface area contributed by atoms with Gasteiger partial charge in [-0.3, -0.25) is 4.79 Å². The Morgan fingerprint density at radius 3 is 2.70 bits per heavy atom. The summed E-state index contributed by atoms with van der Waals surface area (Å²) in [5.41, 5.74) is 0.779. The van der Waals surface area contributed by atoms with Crippen molar-refractivity contribution in [2.75, 3.05) is 11.5 Å². The van der Waals surface area contributed by atoms with E-state index in [0.717, 1.165) is 24.2 Å². The molecule has 4 nitrogen and oxygen atoms in total. The smallest absolute Gasteiger partial charge is 0.303 e. The molecule has 0 spiro atoms. The van der Waals surface area contributed by atoms with E-state index in [1.807, 2.05) is 12.1 Å². The molecule has 0 saturated heterocycles. The van der Waals surface area contributed by atoms with Crippen LogP contribution in [-0.2, 0) is 14.6 Å². The monoisotopic (exact) mass is 312 g/mol. The highest BCUT2D eigenvalue weighted by atomic mass is 32.2. The van der Waals surface area contributed by atoms with Gasteiger partial charge in [-0.1, -0.05) is 18.2 Å². The van der Waals surface area contributed by atoms with Gasteiger partial charge in [0.2, 0.25) is 0 Å². The van der Waals surface area contributed by atoms with Crippen LogP contribution in [0.5, 0.6) is 0 Å². The number of benzene rings is 1. The van der Waals surface area contributed by atoms with E-state index in [-0.39, 0.29) is 22.8 Å². The summed E-state index contributed by atoms with van der Waals surface area (Å²) in [4.78, 5) is 11.3. The van der Waals surface area contributed by atoms with Gasteiger partial charge < -0.3 is 5.11 Å². The van der Waals surface area contributed by atoms with E-state index < -0.39 is 15.8 Å². The van der Waals surface area contributed by atoms with Gasteiger partial charge in [0.05, 0.1) is 17.1 Å². The van der Waals surface area contributed by atoms with Crippen molar-refractivity contribution < 1.29 is 18.3 Å². The molecule has 1 aliphatic heterocycles. The molecule has 1 aliphatic carbocycles. The quantitative estimate of drug-likeness (QED) is 0.904. The van der Waals surface area contributed by atoms with Crippen molar-refractivity contribution in [3.63, 3.8) is 0 Å². The summed E-state index contributed by atoms with van der Waals surface area (Å²) in [5, 5.41) is 8.86. The molecule has 6 heteroatoms. The second-order valence-corrected chi connectivity index (χ2v) is 8.88. The third-order valence-electron chi connectivity index (χ3n) is 4.05. The number of rotatable bonds is 5. The van der Waals surface area contributed by atoms with Gasteiger partial charge in [0, 0.05) is 11.0 Å². The van der Waals surface area contributed by atoms with Crippen molar-refractivity contribution in [1.29, 1.82) is 0 Å². The van der Waals surface area contributed by atoms with E-state index in [4.69, 9.17) is 5.11 Å². The van der Waals surface area contributed by atoms with Crippen molar-refractivity contribution in [3.8, 4) is 0 Å². The molecular weight excluding hydrogens is 296 g/mol. The van der Waals surface area contributed by atoms with Gasteiger partial charge in [0.25, 0.3) is 0 Å². The number of fused-ring (bicyclic) bond motifs is 1. The molecule has 1 unspecified atom stereocenters. The van der Waals surface area contributed by atoms with Gasteiger partial charge in [-0.15, -0.1) is 0 Å². The Balaban J connectivity index is 1.73. The normalized spacial score (nSPS) is 25.1. The average Bonchev–Trinajstić information content (AvgIpc) is 3.08. The zero-order valence-electron chi connectivity index (χ0n) is 10.9. The molecule has 2 aliphatic rings. The van der Waals surface area contributed by atoms with Crippen LogP contribution in [0.3, 0.4) is 0 Å². The fourth-order valence-corrected chi connectivity index (χ4v) is 6.63. The molecule has 0 amide bonds. The van der Waals surface area contributed by atoms with Gasteiger partial charge in [0.15, 0.2) is 9.84 Å². The molecule has 1 saturated carbocycles. The van der Waals surface area contributed by atoms with Crippen LogP contribution >= 0.6 is 11.8 Å². The summed E-state index contributed by atoms with van der Waals surface area (Å²) in [6, 6.07) is 7.14. The predicted octanol–water partition coefficient (Wildman–Crippen LogP) is 2.50. The molecule has 1 atom stereocenters. The standard InChI is InChI=1S/C14H16O4S2/c15-13(16)7-14(5-6-14)9-19-11-8-20(17,18)12-4-2-1-3-10(11)12/h1-4,11H,5-9H2,(H,15,16). The maximum Gasteiger partial charge on any atom is 0.303 e. The predicted molar refractivity (Wildman–Crippen MR) is 77.6 cm³/mol. The van der Waals surface area contributed by atoms with Crippen molar-refractivity contribution in [3.05, 3.63) is 29.8 Å². The number of hydrogen-bond acceptors (Lipinski definition) is 4. The molecule has 0 bridgehead atoms. The number of carboxylic acid groups (broad SMARTS) is 1. The molecule has 1 aromatic carbocycles. The van der Waals surface area contributed by atoms with Crippen molar-refractivity contribution in [1.82, 2.24) is 0 Å². The molecule has 0 aromatic heterocycles. The Morgan fingerprint density at radius 1 is 1.35 bits per heavy atom. The lowest BCUT2D eigenvalue weighted by atomic mass is 10.1. The fraction of sp³-hybridized carbons (Fsp3) is 0.500. The zero-order chi connectivity index (χ0) is 14.4. The minimum atomic E-state index is -3.16. The Hall–Kier alpha value is -1.01. The van der Waals surface area contributed by atoms with Crippen LogP contribution < -0.4 is 0 Å². The van der Waals surface area contributed by atoms with Crippen molar-refractivity contribution in [2.24, 2.45) is 5.41 Å². The molecule has 1 heterocycles. The summed E-state index contributed by atoms with van der Waals surface area (Å²) >= 11 is 1.60. The van der Waals surface area contributed by atoms with E-state index in [9.17, 15) is 13.2 Å². The van der Waals surface area contributed by atoms with Crippen LogP contribution in [0, 0.1) is 5.41 Å². The zero-order valence-corrected chi connectivity index (χ0v) is 12.5. The highest BCUT2D eigenvalue weighted by Crippen LogP contribution is 2.54. The van der Waals surface area contributed by atoms with E-state index >= 15 is 0 Å². The van der Waals surface area contributed by atoms with Crippen LogP contribution in [0.15, 0.2) is 29.2 Å². The minimum Gasteiger partial charge on any atom is -0.481 e. The van der Waals surface area contributed by atoms with E-state index in [2.05, 4.69) is 0 Å². The molecule has 0 radical (unpaired) electrons. The van der Waals surface area contributed by atoms with E-state index in [1.165, 1.54) is 0 Å². The van der Waals surface area contributed by atoms with Crippen LogP contribution in [0.25, 0.3) is 0 Å². The minimum absolute atomic E-state index is 0.0533. The lowest BCUT2D eigenvalue weighted by Gasteiger charge is -2.15. The molecule has 1 N–H and O–H groups in total. The first-order chi connectivity index (χ1) is 9.42. The number of thioether (sulfide) groups is 1. The lowest BCUT2D eigenvalue weighted by molar-refractivity contribution is -0.138. The fourth-order valence-electron chi connectivity index (χ4n) is 2.69. The highest BCUT2D eigenvalue weighted by molar-refractivity contribution is 8.01. The molecule has 1 fully saturated rings. The average molecular weight is 312 g/mol. The molecule has 108 valence electrons. The van der Waals surface area contributed by atoms with Gasteiger partial charge in [-0.2, -0.15) is 11.8 Å². The topological polar surface area (TPSA) is 71.4 Å². The summed E-state index contributed by atoms with van der Waals surface area (Å²) < 4.78 is 24.1. The van der Waals surface area contributed by atoms with Crippen molar-refractivity contribution >= 4 is 27.6 Å². The van der Waals surface area contributed by atoms with Crippen LogP contribution in [0.2, 0.25) is 0 Å². The van der Waals surface area contributed by atoms with E-state index in [1.54, 1.807) is 23.9 Å². The second-order valence-electron chi connectivity index (χ2n) is 5.69. The van der Waals surface area contributed by atoms with Crippen molar-refractivity contribution in [2.45, 2.75) is 29.4 Å². The maximum absolute atomic E-state index is 12.1. The third-order valence-corrected chi connectivity index (χ3v) is 7.67. The van der Waals surface area contributed by atoms with Crippen LogP contribution in [0.1, 0.15) is 30.1 Å². The number of carbonyl (C=O) groups is 1. The molecule has 20 heavy (non-hydrogen) atoms. The largest absolute Gasteiger partial charge is 0.481 e. The van der Waals surface area contributed by atoms with E-state index in [0.29, 0.717) is 4.90 Å². The number of carboxylic acids is 1. The summed E-state index contributed by atoms with van der Waals surface area (Å²) in [7, 11) is -3.16. The summed E-state index contributed by atoms with van der Waals surface area (Å²) in [5.74, 6) is 0.107. The Labute approximate surface area is 122 Å². The molecular formula is C14H16O4S2. The number of aliphatic carboxylic acids is 1. The van der Waals surface area contributed by atoms with Gasteiger partial charge in [-0.25, -0.2) is 8.42 Å². The summed E-state index contributed by atoms with van der Waals surface area (Å²) in [6.07, 6.45) is 2.07. The second kappa shape index (κ2) is 4.77. The Kier molecular flexibility index (Phi) is 3.33. The lowest BCUT2D eigenvalue weighted by Crippen LogP contribution is -2.12. The Bertz CT molecular complexity index is 647. The first-order valence-electron chi connectivity index (χ1n) is 6.57. The highest BCUT2D eigenvalue weighted by Gasteiger charge is 2.45. The SMILES string of the molecule is O=C(O)CC1(CSC2CS(=O)(=O)c3ccccc32)CC1. The Morgan fingerprint density at radius 2 is 2.05 bits per heavy atom. The summed E-state index contributed by atoms with van der Waals surface area (Å²) in [6.45, 7) is 0. The first kappa shape index (κ1) is 13.9. The molecule has 3 rings (SSSR count). The van der Waals surface area contributed by atoms with Gasteiger partial charge in [0.1, 0.15) is 0 Å². The first-order valence-corrected chi connectivity index (χ1v) is 9.27. The van der Waals surface area contributed by atoms with Gasteiger partial charge in [-0.05, 0) is 29.9 Å². The number of sulfone groups is 1. The third kappa shape index (κ3) is 2.59.